The number of ether oxygens (including phenoxy) is 2. The Bertz CT molecular complexity index is 1030. The highest BCUT2D eigenvalue weighted by molar-refractivity contribution is 5.77. The highest BCUT2D eigenvalue weighted by Gasteiger charge is 2.41. The number of aromatic nitrogens is 1. The van der Waals surface area contributed by atoms with E-state index < -0.39 is 24.3 Å². The van der Waals surface area contributed by atoms with Crippen LogP contribution in [-0.4, -0.2) is 65.6 Å². The number of alkyl halides is 1. The summed E-state index contributed by atoms with van der Waals surface area (Å²) >= 11 is 0. The van der Waals surface area contributed by atoms with E-state index in [1.165, 1.54) is 5.56 Å². The van der Waals surface area contributed by atoms with Gasteiger partial charge in [0.15, 0.2) is 0 Å². The van der Waals surface area contributed by atoms with Gasteiger partial charge in [-0.05, 0) is 62.6 Å². The Balaban J connectivity index is 1.12. The second kappa shape index (κ2) is 10.9. The fraction of sp³-hybridized carbons (Fsp3) is 0.556. The predicted molar refractivity (Wildman–Crippen MR) is 131 cm³/mol. The van der Waals surface area contributed by atoms with Crippen molar-refractivity contribution in [3.8, 4) is 5.75 Å². The molecule has 1 saturated heterocycles. The molecule has 8 heteroatoms. The van der Waals surface area contributed by atoms with Gasteiger partial charge in [0.2, 0.25) is 0 Å². The minimum Gasteiger partial charge on any atom is -0.490 e. The lowest BCUT2D eigenvalue weighted by atomic mass is 10.0. The number of carboxylic acids is 1. The van der Waals surface area contributed by atoms with Crippen molar-refractivity contribution in [2.75, 3.05) is 31.6 Å². The van der Waals surface area contributed by atoms with Crippen molar-refractivity contribution in [1.82, 2.24) is 9.88 Å². The van der Waals surface area contributed by atoms with Gasteiger partial charge in [-0.15, -0.1) is 0 Å². The molecule has 7 nitrogen and oxygen atoms in total. The van der Waals surface area contributed by atoms with E-state index in [9.17, 15) is 14.3 Å². The van der Waals surface area contributed by atoms with Crippen LogP contribution in [0.1, 0.15) is 55.0 Å². The molecule has 1 aromatic carbocycles. The average molecular weight is 484 g/mol. The number of nitrogens with one attached hydrogen (secondary N) is 1. The van der Waals surface area contributed by atoms with Gasteiger partial charge >= 0.3 is 5.97 Å². The van der Waals surface area contributed by atoms with Crippen LogP contribution in [0.25, 0.3) is 0 Å². The summed E-state index contributed by atoms with van der Waals surface area (Å²) in [6.45, 7) is 1.70. The van der Waals surface area contributed by atoms with Crippen LogP contribution in [-0.2, 0) is 22.4 Å². The van der Waals surface area contributed by atoms with E-state index in [4.69, 9.17) is 14.5 Å². The largest absolute Gasteiger partial charge is 0.490 e. The van der Waals surface area contributed by atoms with Gasteiger partial charge in [-0.1, -0.05) is 24.3 Å². The van der Waals surface area contributed by atoms with Gasteiger partial charge in [-0.2, -0.15) is 0 Å². The number of pyridine rings is 1. The molecule has 0 radical (unpaired) electrons. The van der Waals surface area contributed by atoms with Crippen molar-refractivity contribution >= 4 is 11.8 Å². The van der Waals surface area contributed by atoms with Gasteiger partial charge in [-0.3, -0.25) is 9.69 Å². The van der Waals surface area contributed by atoms with Crippen LogP contribution < -0.4 is 10.1 Å². The number of hydrogen-bond acceptors (Lipinski definition) is 6. The number of carboxylic acid groups (broad SMARTS) is 1. The zero-order valence-electron chi connectivity index (χ0n) is 20.0. The summed E-state index contributed by atoms with van der Waals surface area (Å²) in [4.78, 5) is 18.6. The van der Waals surface area contributed by atoms with Gasteiger partial charge < -0.3 is 19.9 Å². The third-order valence-corrected chi connectivity index (χ3v) is 6.97. The first-order valence-electron chi connectivity index (χ1n) is 12.8. The Hall–Kier alpha value is -2.71. The number of rotatable bonds is 11. The quantitative estimate of drug-likeness (QED) is 0.464. The maximum Gasteiger partial charge on any atom is 0.325 e. The number of likely N-dealkylation sites (tertiary alicyclic amines) is 1. The normalized spacial score (nSPS) is 22.9. The molecule has 3 aliphatic rings. The van der Waals surface area contributed by atoms with Crippen molar-refractivity contribution in [2.24, 2.45) is 0 Å². The number of hydrogen-bond donors (Lipinski definition) is 2. The van der Waals surface area contributed by atoms with Crippen LogP contribution >= 0.6 is 0 Å². The number of nitrogens with zero attached hydrogens (tertiary/aromatic N) is 2. The number of aliphatic carboxylic acids is 1. The maximum atomic E-state index is 14.8. The van der Waals surface area contributed by atoms with Crippen molar-refractivity contribution < 1.29 is 23.8 Å². The molecule has 2 fully saturated rings. The SMILES string of the molecule is O=C(O)[C@H](c1ccccc1OC1CC1)N1C[C@@H](F)[C@@H](OCCCCc2ccc3c(n2)NCCC3)C1. The second-order valence-corrected chi connectivity index (χ2v) is 9.77. The lowest BCUT2D eigenvalue weighted by molar-refractivity contribution is -0.143. The van der Waals surface area contributed by atoms with Gasteiger partial charge in [0.25, 0.3) is 0 Å². The van der Waals surface area contributed by atoms with E-state index in [1.807, 2.05) is 6.07 Å². The van der Waals surface area contributed by atoms with E-state index in [1.54, 1.807) is 23.1 Å². The number of halogens is 1. The van der Waals surface area contributed by atoms with E-state index >= 15 is 0 Å². The van der Waals surface area contributed by atoms with E-state index in [0.29, 0.717) is 17.9 Å². The molecule has 3 atom stereocenters. The molecule has 0 spiro atoms. The minimum absolute atomic E-state index is 0.0332. The summed E-state index contributed by atoms with van der Waals surface area (Å²) in [5.41, 5.74) is 2.92. The van der Waals surface area contributed by atoms with Gasteiger partial charge in [-0.25, -0.2) is 9.37 Å². The Labute approximate surface area is 205 Å². The molecular formula is C27H34FN3O4. The van der Waals surface area contributed by atoms with Crippen molar-refractivity contribution in [3.05, 3.63) is 53.2 Å². The van der Waals surface area contributed by atoms with Crippen LogP contribution in [0, 0.1) is 0 Å². The standard InChI is InChI=1S/C27H34FN3O4/c28-22-16-31(25(27(32)33)21-8-1-2-9-23(21)35-20-12-13-20)17-24(22)34-15-4-3-7-19-11-10-18-6-5-14-29-26(18)30-19/h1-2,8-11,20,22,24-25H,3-7,12-17H2,(H,29,30)(H,32,33)/t22-,24+,25+/m1/s1. The Morgan fingerprint density at radius 1 is 1.20 bits per heavy atom. The smallest absolute Gasteiger partial charge is 0.325 e. The molecule has 0 unspecified atom stereocenters. The molecule has 2 aliphatic heterocycles. The first-order valence-corrected chi connectivity index (χ1v) is 12.8. The number of para-hydroxylation sites is 1. The third kappa shape index (κ3) is 5.93. The molecule has 35 heavy (non-hydrogen) atoms. The summed E-state index contributed by atoms with van der Waals surface area (Å²) < 4.78 is 26.6. The highest BCUT2D eigenvalue weighted by Crippen LogP contribution is 2.36. The predicted octanol–water partition coefficient (Wildman–Crippen LogP) is 4.17. The van der Waals surface area contributed by atoms with Crippen LogP contribution in [0.5, 0.6) is 5.75 Å². The number of benzene rings is 1. The molecule has 3 heterocycles. The number of carbonyl (C=O) groups is 1. The topological polar surface area (TPSA) is 83.9 Å². The molecule has 1 aromatic heterocycles. The van der Waals surface area contributed by atoms with E-state index in [0.717, 1.165) is 63.0 Å². The Morgan fingerprint density at radius 3 is 2.89 bits per heavy atom. The molecule has 2 aromatic rings. The van der Waals surface area contributed by atoms with Crippen molar-refractivity contribution in [2.45, 2.75) is 69.4 Å². The summed E-state index contributed by atoms with van der Waals surface area (Å²) in [5, 5.41) is 13.4. The minimum atomic E-state index is -1.22. The lowest BCUT2D eigenvalue weighted by Gasteiger charge is -2.26. The summed E-state index contributed by atoms with van der Waals surface area (Å²) in [6, 6.07) is 10.5. The summed E-state index contributed by atoms with van der Waals surface area (Å²) in [7, 11) is 0. The summed E-state index contributed by atoms with van der Waals surface area (Å²) in [5.74, 6) is 0.582. The van der Waals surface area contributed by atoms with Crippen LogP contribution in [0.4, 0.5) is 10.2 Å². The average Bonchev–Trinajstić information content (AvgIpc) is 3.60. The Kier molecular flexibility index (Phi) is 7.48. The fourth-order valence-electron chi connectivity index (χ4n) is 4.95. The molecule has 1 saturated carbocycles. The second-order valence-electron chi connectivity index (χ2n) is 9.77. The monoisotopic (exact) mass is 483 g/mol. The van der Waals surface area contributed by atoms with Gasteiger partial charge in [0.1, 0.15) is 29.9 Å². The number of unbranched alkanes of at least 4 members (excludes halogenated alkanes) is 1. The highest BCUT2D eigenvalue weighted by atomic mass is 19.1. The van der Waals surface area contributed by atoms with Gasteiger partial charge in [0.05, 0.1) is 6.10 Å². The first-order chi connectivity index (χ1) is 17.1. The summed E-state index contributed by atoms with van der Waals surface area (Å²) in [6.07, 6.45) is 5.06. The number of aryl methyl sites for hydroxylation is 2. The number of anilines is 1. The Morgan fingerprint density at radius 2 is 2.06 bits per heavy atom. The molecule has 5 rings (SSSR count). The lowest BCUT2D eigenvalue weighted by Crippen LogP contribution is -2.34. The maximum absolute atomic E-state index is 14.8. The molecule has 0 bridgehead atoms. The zero-order valence-corrected chi connectivity index (χ0v) is 20.0. The molecule has 0 amide bonds. The van der Waals surface area contributed by atoms with Gasteiger partial charge in [0, 0.05) is 37.5 Å². The van der Waals surface area contributed by atoms with Crippen molar-refractivity contribution in [3.63, 3.8) is 0 Å². The molecular weight excluding hydrogens is 449 g/mol. The molecule has 188 valence electrons. The molecule has 1 aliphatic carbocycles. The van der Waals surface area contributed by atoms with E-state index in [2.05, 4.69) is 17.4 Å². The fourth-order valence-corrected chi connectivity index (χ4v) is 4.95. The number of fused-ring (bicyclic) bond motifs is 1. The van der Waals surface area contributed by atoms with E-state index in [-0.39, 0.29) is 19.2 Å². The third-order valence-electron chi connectivity index (χ3n) is 6.97. The van der Waals surface area contributed by atoms with Crippen molar-refractivity contribution in [1.29, 1.82) is 0 Å². The molecule has 2 N–H and O–H groups in total. The first kappa shape index (κ1) is 24.0. The van der Waals surface area contributed by atoms with Crippen LogP contribution in [0.15, 0.2) is 36.4 Å². The zero-order chi connectivity index (χ0) is 24.2. The van der Waals surface area contributed by atoms with Crippen LogP contribution in [0.3, 0.4) is 0 Å². The van der Waals surface area contributed by atoms with Crippen LogP contribution in [0.2, 0.25) is 0 Å².